The zero-order chi connectivity index (χ0) is 19.8. The molecule has 1 aromatic heterocycles. The second-order valence-electron chi connectivity index (χ2n) is 6.36. The third-order valence-corrected chi connectivity index (χ3v) is 4.42. The van der Waals surface area contributed by atoms with Crippen LogP contribution in [-0.4, -0.2) is 18.5 Å². The summed E-state index contributed by atoms with van der Waals surface area (Å²) in [7, 11) is 0. The molecule has 144 valence electrons. The number of nitrogens with one attached hydrogen (secondary N) is 3. The maximum Gasteiger partial charge on any atom is 0.319 e. The van der Waals surface area contributed by atoms with E-state index >= 15 is 0 Å². The zero-order valence-electron chi connectivity index (χ0n) is 15.6. The van der Waals surface area contributed by atoms with Crippen molar-refractivity contribution < 1.29 is 14.0 Å². The SMILES string of the molecule is CC[C@H](CNC(=O)Nc1ccc(NC(=O)c2ccco2)cc1)c1ccccc1. The number of furan rings is 1. The van der Waals surface area contributed by atoms with Crippen LogP contribution in [-0.2, 0) is 0 Å². The molecule has 0 aliphatic rings. The lowest BCUT2D eigenvalue weighted by molar-refractivity contribution is 0.0996. The van der Waals surface area contributed by atoms with E-state index in [1.807, 2.05) is 18.2 Å². The van der Waals surface area contributed by atoms with Gasteiger partial charge in [-0.25, -0.2) is 4.79 Å². The number of hydrogen-bond donors (Lipinski definition) is 3. The fourth-order valence-corrected chi connectivity index (χ4v) is 2.85. The Kier molecular flexibility index (Phi) is 6.46. The van der Waals surface area contributed by atoms with Gasteiger partial charge in [0, 0.05) is 23.8 Å². The summed E-state index contributed by atoms with van der Waals surface area (Å²) >= 11 is 0. The van der Waals surface area contributed by atoms with Crippen molar-refractivity contribution in [2.75, 3.05) is 17.2 Å². The van der Waals surface area contributed by atoms with Gasteiger partial charge >= 0.3 is 6.03 Å². The minimum Gasteiger partial charge on any atom is -0.459 e. The molecule has 3 rings (SSSR count). The number of carbonyl (C=O) groups excluding carboxylic acids is 2. The molecule has 28 heavy (non-hydrogen) atoms. The zero-order valence-corrected chi connectivity index (χ0v) is 15.6. The summed E-state index contributed by atoms with van der Waals surface area (Å²) in [6.45, 7) is 2.66. The third kappa shape index (κ3) is 5.23. The smallest absolute Gasteiger partial charge is 0.319 e. The Morgan fingerprint density at radius 3 is 2.18 bits per heavy atom. The predicted molar refractivity (Wildman–Crippen MR) is 110 cm³/mol. The normalized spacial score (nSPS) is 11.5. The van der Waals surface area contributed by atoms with E-state index in [9.17, 15) is 9.59 Å². The summed E-state index contributed by atoms with van der Waals surface area (Å²) in [5.74, 6) is 0.187. The van der Waals surface area contributed by atoms with E-state index in [0.29, 0.717) is 17.9 Å². The number of anilines is 2. The van der Waals surface area contributed by atoms with Crippen molar-refractivity contribution in [2.24, 2.45) is 0 Å². The van der Waals surface area contributed by atoms with Crippen LogP contribution in [0.1, 0.15) is 35.4 Å². The second kappa shape index (κ2) is 9.41. The van der Waals surface area contributed by atoms with Gasteiger partial charge in [0.2, 0.25) is 0 Å². The third-order valence-electron chi connectivity index (χ3n) is 4.42. The van der Waals surface area contributed by atoms with Gasteiger partial charge in [-0.3, -0.25) is 4.79 Å². The van der Waals surface area contributed by atoms with Gasteiger partial charge in [-0.2, -0.15) is 0 Å². The fourth-order valence-electron chi connectivity index (χ4n) is 2.85. The highest BCUT2D eigenvalue weighted by Crippen LogP contribution is 2.18. The number of rotatable bonds is 7. The standard InChI is InChI=1S/C22H23N3O3/c1-2-16(17-7-4-3-5-8-17)15-23-22(27)25-19-12-10-18(11-13-19)24-21(26)20-9-6-14-28-20/h3-14,16H,2,15H2,1H3,(H,24,26)(H2,23,25,27)/t16-/m1/s1. The molecule has 0 unspecified atom stereocenters. The monoisotopic (exact) mass is 377 g/mol. The first kappa shape index (κ1) is 19.2. The molecule has 2 aromatic carbocycles. The Bertz CT molecular complexity index is 891. The molecule has 1 heterocycles. The maximum atomic E-state index is 12.2. The largest absolute Gasteiger partial charge is 0.459 e. The minimum atomic E-state index is -0.324. The van der Waals surface area contributed by atoms with E-state index in [0.717, 1.165) is 6.42 Å². The van der Waals surface area contributed by atoms with E-state index < -0.39 is 0 Å². The number of benzene rings is 2. The summed E-state index contributed by atoms with van der Waals surface area (Å²) in [6, 6.07) is 20.0. The predicted octanol–water partition coefficient (Wildman–Crippen LogP) is 4.85. The van der Waals surface area contributed by atoms with Crippen LogP contribution in [0.4, 0.5) is 16.2 Å². The molecule has 1 atom stereocenters. The Hall–Kier alpha value is -3.54. The van der Waals surface area contributed by atoms with Crippen molar-refractivity contribution in [3.63, 3.8) is 0 Å². The second-order valence-corrected chi connectivity index (χ2v) is 6.36. The summed E-state index contributed by atoms with van der Waals surface area (Å²) in [4.78, 5) is 24.1. The lowest BCUT2D eigenvalue weighted by atomic mass is 9.97. The first-order valence-electron chi connectivity index (χ1n) is 9.20. The lowest BCUT2D eigenvalue weighted by Gasteiger charge is -2.16. The summed E-state index contributed by atoms with van der Waals surface area (Å²) < 4.78 is 5.05. The van der Waals surface area contributed by atoms with E-state index in [1.54, 1.807) is 36.4 Å². The van der Waals surface area contributed by atoms with Crippen LogP contribution in [0.3, 0.4) is 0 Å². The van der Waals surface area contributed by atoms with Crippen LogP contribution in [0.2, 0.25) is 0 Å². The molecule has 0 saturated carbocycles. The Morgan fingerprint density at radius 1 is 0.893 bits per heavy atom. The fraction of sp³-hybridized carbons (Fsp3) is 0.182. The van der Waals surface area contributed by atoms with Gasteiger partial charge < -0.3 is 20.4 Å². The van der Waals surface area contributed by atoms with E-state index in [4.69, 9.17) is 4.42 Å². The lowest BCUT2D eigenvalue weighted by Crippen LogP contribution is -2.32. The van der Waals surface area contributed by atoms with Gasteiger partial charge in [-0.15, -0.1) is 0 Å². The summed E-state index contributed by atoms with van der Waals surface area (Å²) in [5.41, 5.74) is 2.46. The van der Waals surface area contributed by atoms with Crippen molar-refractivity contribution in [2.45, 2.75) is 19.3 Å². The quantitative estimate of drug-likeness (QED) is 0.550. The maximum absolute atomic E-state index is 12.2. The molecule has 6 nitrogen and oxygen atoms in total. The average Bonchev–Trinajstić information content (AvgIpc) is 3.26. The van der Waals surface area contributed by atoms with Gasteiger partial charge in [0.1, 0.15) is 0 Å². The van der Waals surface area contributed by atoms with Gasteiger partial charge in [-0.05, 0) is 48.4 Å². The van der Waals surface area contributed by atoms with Gasteiger partial charge in [0.15, 0.2) is 5.76 Å². The van der Waals surface area contributed by atoms with Crippen molar-refractivity contribution >= 4 is 23.3 Å². The van der Waals surface area contributed by atoms with Gasteiger partial charge in [0.25, 0.3) is 5.91 Å². The molecule has 3 aromatic rings. The van der Waals surface area contributed by atoms with E-state index in [-0.39, 0.29) is 23.6 Å². The molecular weight excluding hydrogens is 354 g/mol. The first-order chi connectivity index (χ1) is 13.7. The number of carbonyl (C=O) groups is 2. The Morgan fingerprint density at radius 2 is 1.57 bits per heavy atom. The summed E-state index contributed by atoms with van der Waals surface area (Å²) in [5, 5.41) is 8.44. The molecule has 0 spiro atoms. The first-order valence-corrected chi connectivity index (χ1v) is 9.20. The van der Waals surface area contributed by atoms with Crippen molar-refractivity contribution in [1.82, 2.24) is 5.32 Å². The van der Waals surface area contributed by atoms with Crippen LogP contribution in [0, 0.1) is 0 Å². The van der Waals surface area contributed by atoms with Crippen LogP contribution >= 0.6 is 0 Å². The minimum absolute atomic E-state index is 0.241. The van der Waals surface area contributed by atoms with Crippen LogP contribution in [0.15, 0.2) is 77.4 Å². The molecule has 6 heteroatoms. The van der Waals surface area contributed by atoms with E-state index in [2.05, 4.69) is 35.0 Å². The molecule has 0 bridgehead atoms. The highest BCUT2D eigenvalue weighted by molar-refractivity contribution is 6.02. The summed E-state index contributed by atoms with van der Waals surface area (Å²) in [6.07, 6.45) is 2.38. The molecule has 0 aliphatic carbocycles. The molecule has 3 amide bonds. The highest BCUT2D eigenvalue weighted by atomic mass is 16.3. The van der Waals surface area contributed by atoms with Gasteiger partial charge in [0.05, 0.1) is 6.26 Å². The number of amides is 3. The molecule has 0 saturated heterocycles. The molecule has 3 N–H and O–H groups in total. The van der Waals surface area contributed by atoms with Crippen LogP contribution in [0.5, 0.6) is 0 Å². The Balaban J connectivity index is 1.49. The van der Waals surface area contributed by atoms with E-state index in [1.165, 1.54) is 11.8 Å². The molecule has 0 radical (unpaired) electrons. The van der Waals surface area contributed by atoms with Gasteiger partial charge in [-0.1, -0.05) is 37.3 Å². The van der Waals surface area contributed by atoms with Crippen molar-refractivity contribution in [3.05, 3.63) is 84.3 Å². The number of hydrogen-bond acceptors (Lipinski definition) is 3. The van der Waals surface area contributed by atoms with Crippen LogP contribution in [0.25, 0.3) is 0 Å². The van der Waals surface area contributed by atoms with Crippen LogP contribution < -0.4 is 16.0 Å². The molecular formula is C22H23N3O3. The topological polar surface area (TPSA) is 83.4 Å². The highest BCUT2D eigenvalue weighted by Gasteiger charge is 2.11. The molecule has 0 aliphatic heterocycles. The average molecular weight is 377 g/mol. The van der Waals surface area contributed by atoms with Crippen molar-refractivity contribution in [1.29, 1.82) is 0 Å². The Labute approximate surface area is 164 Å². The van der Waals surface area contributed by atoms with Crippen molar-refractivity contribution in [3.8, 4) is 0 Å². The molecule has 0 fully saturated rings. The number of urea groups is 1.